The summed E-state index contributed by atoms with van der Waals surface area (Å²) in [6.07, 6.45) is 5.17. The summed E-state index contributed by atoms with van der Waals surface area (Å²) in [5.74, 6) is 0. The molecule has 3 rings (SSSR count). The number of halogens is 1. The van der Waals surface area contributed by atoms with Crippen molar-refractivity contribution >= 4 is 33.1 Å². The van der Waals surface area contributed by atoms with Crippen molar-refractivity contribution in [2.75, 3.05) is 6.54 Å². The van der Waals surface area contributed by atoms with Gasteiger partial charge in [0.05, 0.1) is 5.02 Å². The Morgan fingerprint density at radius 2 is 1.35 bits per heavy atom. The van der Waals surface area contributed by atoms with Crippen molar-refractivity contribution in [3.8, 4) is 0 Å². The van der Waals surface area contributed by atoms with Gasteiger partial charge < -0.3 is 5.32 Å². The molecule has 0 saturated heterocycles. The molecule has 0 atom stereocenters. The molecular weight excluding hydrogens is 302 g/mol. The fraction of sp³-hybridized carbons (Fsp3) is 0.333. The number of fused-ring (bicyclic) bond motifs is 2. The molecule has 2 heteroatoms. The molecular formula is C21H24ClN. The average Bonchev–Trinajstić information content (AvgIpc) is 2.60. The van der Waals surface area contributed by atoms with Crippen LogP contribution in [0.3, 0.4) is 0 Å². The number of rotatable bonds is 7. The minimum absolute atomic E-state index is 0.864. The highest BCUT2D eigenvalue weighted by molar-refractivity contribution is 6.41. The molecule has 0 heterocycles. The smallest absolute Gasteiger partial charge is 0.0562 e. The van der Waals surface area contributed by atoms with Crippen molar-refractivity contribution in [3.05, 3.63) is 59.1 Å². The van der Waals surface area contributed by atoms with E-state index in [2.05, 4.69) is 60.8 Å². The monoisotopic (exact) mass is 325 g/mol. The average molecular weight is 326 g/mol. The summed E-state index contributed by atoms with van der Waals surface area (Å²) >= 11 is 6.64. The molecule has 0 fully saturated rings. The van der Waals surface area contributed by atoms with Crippen LogP contribution in [0.25, 0.3) is 21.5 Å². The van der Waals surface area contributed by atoms with E-state index < -0.39 is 0 Å². The van der Waals surface area contributed by atoms with Gasteiger partial charge >= 0.3 is 0 Å². The van der Waals surface area contributed by atoms with E-state index in [1.165, 1.54) is 42.0 Å². The van der Waals surface area contributed by atoms with Crippen molar-refractivity contribution in [2.24, 2.45) is 0 Å². The van der Waals surface area contributed by atoms with E-state index in [4.69, 9.17) is 11.6 Å². The molecule has 1 nitrogen and oxygen atoms in total. The van der Waals surface area contributed by atoms with Crippen molar-refractivity contribution in [1.82, 2.24) is 5.32 Å². The van der Waals surface area contributed by atoms with Gasteiger partial charge in [0.2, 0.25) is 0 Å². The van der Waals surface area contributed by atoms with E-state index in [0.29, 0.717) is 0 Å². The first-order valence-corrected chi connectivity index (χ1v) is 8.99. The lowest BCUT2D eigenvalue weighted by Crippen LogP contribution is -2.15. The minimum Gasteiger partial charge on any atom is -0.313 e. The second-order valence-corrected chi connectivity index (χ2v) is 6.50. The summed E-state index contributed by atoms with van der Waals surface area (Å²) in [5, 5.41) is 9.31. The quantitative estimate of drug-likeness (QED) is 0.396. The van der Waals surface area contributed by atoms with Gasteiger partial charge in [0.25, 0.3) is 0 Å². The van der Waals surface area contributed by atoms with Gasteiger partial charge in [-0.2, -0.15) is 0 Å². The topological polar surface area (TPSA) is 12.0 Å². The van der Waals surface area contributed by atoms with Crippen LogP contribution in [0, 0.1) is 0 Å². The van der Waals surface area contributed by atoms with Gasteiger partial charge in [-0.15, -0.1) is 0 Å². The molecule has 3 aromatic carbocycles. The van der Waals surface area contributed by atoms with Gasteiger partial charge in [0.1, 0.15) is 0 Å². The molecule has 120 valence electrons. The maximum atomic E-state index is 6.64. The first-order chi connectivity index (χ1) is 11.3. The van der Waals surface area contributed by atoms with Crippen molar-refractivity contribution in [2.45, 2.75) is 39.2 Å². The Balaban J connectivity index is 1.92. The first kappa shape index (κ1) is 16.3. The molecule has 0 aliphatic rings. The fourth-order valence-electron chi connectivity index (χ4n) is 3.25. The van der Waals surface area contributed by atoms with Crippen molar-refractivity contribution in [3.63, 3.8) is 0 Å². The maximum Gasteiger partial charge on any atom is 0.0562 e. The van der Waals surface area contributed by atoms with E-state index in [1.807, 2.05) is 0 Å². The minimum atomic E-state index is 0.864. The van der Waals surface area contributed by atoms with E-state index in [0.717, 1.165) is 28.9 Å². The van der Waals surface area contributed by atoms with E-state index >= 15 is 0 Å². The van der Waals surface area contributed by atoms with E-state index in [9.17, 15) is 0 Å². The summed E-state index contributed by atoms with van der Waals surface area (Å²) in [6.45, 7) is 4.22. The van der Waals surface area contributed by atoms with Crippen LogP contribution in [0.5, 0.6) is 0 Å². The second-order valence-electron chi connectivity index (χ2n) is 6.12. The highest BCUT2D eigenvalue weighted by atomic mass is 35.5. The van der Waals surface area contributed by atoms with Gasteiger partial charge in [-0.05, 0) is 29.3 Å². The largest absolute Gasteiger partial charge is 0.313 e. The molecule has 0 amide bonds. The fourth-order valence-corrected chi connectivity index (χ4v) is 3.58. The van der Waals surface area contributed by atoms with Gasteiger partial charge in [-0.3, -0.25) is 0 Å². The van der Waals surface area contributed by atoms with Crippen LogP contribution in [0.1, 0.15) is 38.2 Å². The molecule has 0 aliphatic heterocycles. The molecule has 0 aromatic heterocycles. The number of unbranched alkanes of at least 4 members (excludes halogenated alkanes) is 3. The zero-order valence-electron chi connectivity index (χ0n) is 13.7. The highest BCUT2D eigenvalue weighted by Crippen LogP contribution is 2.35. The van der Waals surface area contributed by atoms with Crippen LogP contribution in [0.15, 0.2) is 48.5 Å². The summed E-state index contributed by atoms with van der Waals surface area (Å²) < 4.78 is 0. The van der Waals surface area contributed by atoms with Gasteiger partial charge in [0, 0.05) is 17.3 Å². The van der Waals surface area contributed by atoms with E-state index in [1.54, 1.807) is 0 Å². The lowest BCUT2D eigenvalue weighted by molar-refractivity contribution is 0.600. The van der Waals surface area contributed by atoms with Crippen LogP contribution in [-0.2, 0) is 6.54 Å². The normalized spacial score (nSPS) is 11.4. The molecule has 1 N–H and O–H groups in total. The molecule has 0 saturated carbocycles. The molecule has 23 heavy (non-hydrogen) atoms. The van der Waals surface area contributed by atoms with Crippen LogP contribution in [0.4, 0.5) is 0 Å². The number of benzene rings is 3. The Labute approximate surface area is 143 Å². The zero-order chi connectivity index (χ0) is 16.1. The van der Waals surface area contributed by atoms with Crippen molar-refractivity contribution in [1.29, 1.82) is 0 Å². The summed E-state index contributed by atoms with van der Waals surface area (Å²) in [7, 11) is 0. The van der Waals surface area contributed by atoms with Gasteiger partial charge in [-0.1, -0.05) is 86.3 Å². The number of hydrogen-bond donors (Lipinski definition) is 1. The third-order valence-corrected chi connectivity index (χ3v) is 4.89. The standard InChI is InChI=1S/C21H24ClN/c1-2-3-4-9-14-23-15-20-16-10-5-7-12-18(16)21(22)19-13-8-6-11-17(19)20/h5-8,10-13,23H,2-4,9,14-15H2,1H3. The second kappa shape index (κ2) is 7.81. The molecule has 0 spiro atoms. The third-order valence-electron chi connectivity index (χ3n) is 4.49. The lowest BCUT2D eigenvalue weighted by atomic mass is 9.96. The Bertz CT molecular complexity index is 737. The number of nitrogens with one attached hydrogen (secondary N) is 1. The Kier molecular flexibility index (Phi) is 5.53. The molecule has 0 unspecified atom stereocenters. The SMILES string of the molecule is CCCCCCNCc1c2ccccc2c(Cl)c2ccccc12. The Morgan fingerprint density at radius 3 is 1.91 bits per heavy atom. The van der Waals surface area contributed by atoms with Gasteiger partial charge in [-0.25, -0.2) is 0 Å². The molecule has 0 radical (unpaired) electrons. The molecule has 3 aromatic rings. The third kappa shape index (κ3) is 3.52. The first-order valence-electron chi connectivity index (χ1n) is 8.61. The predicted molar refractivity (Wildman–Crippen MR) is 102 cm³/mol. The Hall–Kier alpha value is -1.57. The highest BCUT2D eigenvalue weighted by Gasteiger charge is 2.11. The summed E-state index contributed by atoms with van der Waals surface area (Å²) in [6, 6.07) is 16.9. The number of hydrogen-bond acceptors (Lipinski definition) is 1. The van der Waals surface area contributed by atoms with Crippen molar-refractivity contribution < 1.29 is 0 Å². The van der Waals surface area contributed by atoms with Gasteiger partial charge in [0.15, 0.2) is 0 Å². The lowest BCUT2D eigenvalue weighted by Gasteiger charge is -2.14. The molecule has 0 bridgehead atoms. The summed E-state index contributed by atoms with van der Waals surface area (Å²) in [5.41, 5.74) is 1.36. The summed E-state index contributed by atoms with van der Waals surface area (Å²) in [4.78, 5) is 0. The van der Waals surface area contributed by atoms with Crippen LogP contribution in [-0.4, -0.2) is 6.54 Å². The maximum absolute atomic E-state index is 6.64. The van der Waals surface area contributed by atoms with Crippen LogP contribution < -0.4 is 5.32 Å². The zero-order valence-corrected chi connectivity index (χ0v) is 14.5. The Morgan fingerprint density at radius 1 is 0.783 bits per heavy atom. The van der Waals surface area contributed by atoms with E-state index in [-0.39, 0.29) is 0 Å². The predicted octanol–water partition coefficient (Wildman–Crippen LogP) is 6.32. The van der Waals surface area contributed by atoms with Crippen LogP contribution >= 0.6 is 11.6 Å². The van der Waals surface area contributed by atoms with Crippen LogP contribution in [0.2, 0.25) is 5.02 Å². The molecule has 0 aliphatic carbocycles.